The van der Waals surface area contributed by atoms with E-state index < -0.39 is 12.0 Å². The van der Waals surface area contributed by atoms with Crippen LogP contribution in [0.2, 0.25) is 0 Å². The minimum atomic E-state index is -0.956. The van der Waals surface area contributed by atoms with Gasteiger partial charge in [0.1, 0.15) is 5.75 Å². The number of carboxylic acids is 1. The molecule has 1 radical (unpaired) electrons. The molecule has 0 aromatic heterocycles. The number of carbonyl (C=O) groups excluding carboxylic acids is 1. The predicted molar refractivity (Wildman–Crippen MR) is 69.2 cm³/mol. The Bertz CT molecular complexity index is 417. The van der Waals surface area contributed by atoms with Crippen molar-refractivity contribution in [3.05, 3.63) is 29.8 Å². The Balaban J connectivity index is 2.12. The first-order valence-electron chi connectivity index (χ1n) is 6.05. The van der Waals surface area contributed by atoms with Gasteiger partial charge in [-0.25, -0.2) is 15.3 Å². The number of urea groups is 1. The number of rotatable bonds is 8. The van der Waals surface area contributed by atoms with Crippen LogP contribution in [0, 0.1) is 0 Å². The molecule has 103 valence electrons. The SMILES string of the molecule is [NH]C(=O)NCCCCCOc1ccc(C(=O)O)cc1. The summed E-state index contributed by atoms with van der Waals surface area (Å²) < 4.78 is 5.45. The van der Waals surface area contributed by atoms with E-state index in [-0.39, 0.29) is 5.56 Å². The molecule has 0 heterocycles. The molecule has 3 N–H and O–H groups in total. The van der Waals surface area contributed by atoms with E-state index in [1.165, 1.54) is 12.1 Å². The molecule has 6 heteroatoms. The fourth-order valence-corrected chi connectivity index (χ4v) is 1.49. The number of carbonyl (C=O) groups is 2. The van der Waals surface area contributed by atoms with E-state index in [1.54, 1.807) is 12.1 Å². The molecule has 0 saturated heterocycles. The second-order valence-electron chi connectivity index (χ2n) is 3.99. The average Bonchev–Trinajstić information content (AvgIpc) is 2.38. The van der Waals surface area contributed by atoms with E-state index in [0.717, 1.165) is 19.3 Å². The van der Waals surface area contributed by atoms with Crippen LogP contribution in [0.1, 0.15) is 29.6 Å². The molecule has 1 rings (SSSR count). The lowest BCUT2D eigenvalue weighted by atomic mass is 10.2. The molecule has 0 aliphatic carbocycles. The van der Waals surface area contributed by atoms with Gasteiger partial charge in [0.05, 0.1) is 12.2 Å². The number of benzene rings is 1. The molecule has 0 unspecified atom stereocenters. The highest BCUT2D eigenvalue weighted by Gasteiger charge is 2.01. The molecule has 0 aliphatic heterocycles. The highest BCUT2D eigenvalue weighted by molar-refractivity contribution is 5.87. The molecule has 1 aromatic rings. The van der Waals surface area contributed by atoms with Crippen molar-refractivity contribution in [2.45, 2.75) is 19.3 Å². The van der Waals surface area contributed by atoms with Crippen LogP contribution < -0.4 is 15.8 Å². The Kier molecular flexibility index (Phi) is 6.21. The normalized spacial score (nSPS) is 9.89. The zero-order valence-corrected chi connectivity index (χ0v) is 10.5. The molecule has 6 nitrogen and oxygen atoms in total. The molecular formula is C13H17N2O4. The van der Waals surface area contributed by atoms with Crippen molar-refractivity contribution in [3.8, 4) is 5.75 Å². The number of amides is 2. The van der Waals surface area contributed by atoms with Crippen LogP contribution in [0.5, 0.6) is 5.75 Å². The van der Waals surface area contributed by atoms with Crippen LogP contribution in [0.3, 0.4) is 0 Å². The van der Waals surface area contributed by atoms with Crippen LogP contribution in [-0.2, 0) is 0 Å². The summed E-state index contributed by atoms with van der Waals surface area (Å²) >= 11 is 0. The number of hydrogen-bond donors (Lipinski definition) is 2. The van der Waals surface area contributed by atoms with Crippen molar-refractivity contribution in [3.63, 3.8) is 0 Å². The van der Waals surface area contributed by atoms with E-state index >= 15 is 0 Å². The summed E-state index contributed by atoms with van der Waals surface area (Å²) in [6.07, 6.45) is 2.55. The Morgan fingerprint density at radius 3 is 2.42 bits per heavy atom. The van der Waals surface area contributed by atoms with Gasteiger partial charge < -0.3 is 15.2 Å². The van der Waals surface area contributed by atoms with Gasteiger partial charge in [0.25, 0.3) is 0 Å². The summed E-state index contributed by atoms with van der Waals surface area (Å²) in [6, 6.07) is 5.51. The number of hydrogen-bond acceptors (Lipinski definition) is 3. The molecule has 19 heavy (non-hydrogen) atoms. The second-order valence-corrected chi connectivity index (χ2v) is 3.99. The Hall–Kier alpha value is -2.24. The number of carboxylic acid groups (broad SMARTS) is 1. The van der Waals surface area contributed by atoms with E-state index in [9.17, 15) is 9.59 Å². The van der Waals surface area contributed by atoms with Crippen molar-refractivity contribution in [2.75, 3.05) is 13.2 Å². The van der Waals surface area contributed by atoms with Crippen molar-refractivity contribution < 1.29 is 19.4 Å². The molecule has 0 bridgehead atoms. The third kappa shape index (κ3) is 6.30. The lowest BCUT2D eigenvalue weighted by Crippen LogP contribution is -2.23. The molecular weight excluding hydrogens is 248 g/mol. The van der Waals surface area contributed by atoms with Gasteiger partial charge in [-0.3, -0.25) is 0 Å². The maximum atomic E-state index is 10.6. The minimum Gasteiger partial charge on any atom is -0.494 e. The van der Waals surface area contributed by atoms with Crippen molar-refractivity contribution in [1.82, 2.24) is 11.1 Å². The first kappa shape index (κ1) is 14.8. The molecule has 0 aliphatic rings. The van der Waals surface area contributed by atoms with Gasteiger partial charge in [0.2, 0.25) is 0 Å². The summed E-state index contributed by atoms with van der Waals surface area (Å²) in [7, 11) is 0. The zero-order valence-electron chi connectivity index (χ0n) is 10.5. The maximum absolute atomic E-state index is 10.6. The second kappa shape index (κ2) is 7.97. The molecule has 0 saturated carbocycles. The summed E-state index contributed by atoms with van der Waals surface area (Å²) in [5, 5.41) is 11.1. The van der Waals surface area contributed by atoms with Crippen LogP contribution in [0.25, 0.3) is 0 Å². The van der Waals surface area contributed by atoms with E-state index in [0.29, 0.717) is 18.9 Å². The average molecular weight is 265 g/mol. The van der Waals surface area contributed by atoms with Crippen LogP contribution >= 0.6 is 0 Å². The first-order chi connectivity index (χ1) is 9.09. The van der Waals surface area contributed by atoms with E-state index in [4.69, 9.17) is 15.6 Å². The smallest absolute Gasteiger partial charge is 0.335 e. The monoisotopic (exact) mass is 265 g/mol. The fraction of sp³-hybridized carbons (Fsp3) is 0.385. The van der Waals surface area contributed by atoms with Crippen molar-refractivity contribution >= 4 is 12.0 Å². The molecule has 0 fully saturated rings. The number of nitrogens with one attached hydrogen (secondary N) is 2. The lowest BCUT2D eigenvalue weighted by Gasteiger charge is -2.06. The van der Waals surface area contributed by atoms with E-state index in [1.807, 2.05) is 0 Å². The molecule has 2 amide bonds. The highest BCUT2D eigenvalue weighted by atomic mass is 16.5. The predicted octanol–water partition coefficient (Wildman–Crippen LogP) is 1.93. The number of unbranched alkanes of at least 4 members (excludes halogenated alkanes) is 2. The highest BCUT2D eigenvalue weighted by Crippen LogP contribution is 2.12. The Morgan fingerprint density at radius 1 is 1.16 bits per heavy atom. The first-order valence-corrected chi connectivity index (χ1v) is 6.05. The van der Waals surface area contributed by atoms with Gasteiger partial charge in [-0.15, -0.1) is 0 Å². The quantitative estimate of drug-likeness (QED) is 0.701. The van der Waals surface area contributed by atoms with E-state index in [2.05, 4.69) is 5.32 Å². The van der Waals surface area contributed by atoms with Gasteiger partial charge in [-0.05, 0) is 43.5 Å². The summed E-state index contributed by atoms with van der Waals surface area (Å²) in [4.78, 5) is 20.9. The summed E-state index contributed by atoms with van der Waals surface area (Å²) in [6.45, 7) is 1.05. The summed E-state index contributed by atoms with van der Waals surface area (Å²) in [5.74, 6) is -0.313. The van der Waals surface area contributed by atoms with Crippen LogP contribution in [0.4, 0.5) is 4.79 Å². The van der Waals surface area contributed by atoms with Crippen LogP contribution in [0.15, 0.2) is 24.3 Å². The third-order valence-corrected chi connectivity index (χ3v) is 2.48. The topological polar surface area (TPSA) is 99.4 Å². The van der Waals surface area contributed by atoms with Gasteiger partial charge in [0.15, 0.2) is 0 Å². The molecule has 0 atom stereocenters. The Labute approximate surface area is 111 Å². The number of aromatic carboxylic acids is 1. The van der Waals surface area contributed by atoms with Crippen LogP contribution in [-0.4, -0.2) is 30.3 Å². The van der Waals surface area contributed by atoms with Gasteiger partial charge in [0, 0.05) is 6.54 Å². The lowest BCUT2D eigenvalue weighted by molar-refractivity contribution is 0.0697. The van der Waals surface area contributed by atoms with Gasteiger partial charge in [-0.1, -0.05) is 0 Å². The minimum absolute atomic E-state index is 0.235. The maximum Gasteiger partial charge on any atom is 0.335 e. The van der Waals surface area contributed by atoms with Gasteiger partial charge in [-0.2, -0.15) is 0 Å². The van der Waals surface area contributed by atoms with Gasteiger partial charge >= 0.3 is 12.0 Å². The fourth-order valence-electron chi connectivity index (χ4n) is 1.49. The number of ether oxygens (including phenoxy) is 1. The van der Waals surface area contributed by atoms with Crippen molar-refractivity contribution in [1.29, 1.82) is 0 Å². The summed E-state index contributed by atoms with van der Waals surface area (Å²) in [5.41, 5.74) is 6.87. The zero-order chi connectivity index (χ0) is 14.1. The molecule has 1 aromatic carbocycles. The third-order valence-electron chi connectivity index (χ3n) is 2.48. The standard InChI is InChI=1S/C13H17N2O4/c14-13(18)15-8-2-1-3-9-19-11-6-4-10(5-7-11)12(16)17/h4-7,14H,1-3,8-9H2,(H,15,18)(H,16,17). The van der Waals surface area contributed by atoms with Crippen molar-refractivity contribution in [2.24, 2.45) is 0 Å². The molecule has 0 spiro atoms. The largest absolute Gasteiger partial charge is 0.494 e. The Morgan fingerprint density at radius 2 is 1.84 bits per heavy atom.